The molecule has 8 heteroatoms. The van der Waals surface area contributed by atoms with Crippen LogP contribution in [-0.4, -0.2) is 30.4 Å². The number of nitrogens with zero attached hydrogens (tertiary/aromatic N) is 2. The minimum absolute atomic E-state index is 0.231. The van der Waals surface area contributed by atoms with E-state index in [2.05, 4.69) is 10.4 Å². The Kier molecular flexibility index (Phi) is 4.84. The third-order valence-corrected chi connectivity index (χ3v) is 5.22. The van der Waals surface area contributed by atoms with E-state index in [0.29, 0.717) is 16.3 Å². The van der Waals surface area contributed by atoms with Crippen LogP contribution in [0.4, 0.5) is 5.69 Å². The van der Waals surface area contributed by atoms with Crippen molar-refractivity contribution >= 4 is 33.0 Å². The normalized spacial score (nSPS) is 11.3. The maximum Gasteiger partial charge on any atom is 0.276 e. The molecule has 1 aromatic heterocycles. The minimum atomic E-state index is -3.30. The summed E-state index contributed by atoms with van der Waals surface area (Å²) in [6.07, 6.45) is 2.81. The molecule has 2 aromatic carbocycles. The van der Waals surface area contributed by atoms with E-state index in [1.165, 1.54) is 6.07 Å². The van der Waals surface area contributed by atoms with Crippen molar-refractivity contribution in [1.82, 2.24) is 9.78 Å². The molecule has 0 radical (unpaired) electrons. The van der Waals surface area contributed by atoms with E-state index in [1.54, 1.807) is 54.2 Å². The van der Waals surface area contributed by atoms with Gasteiger partial charge < -0.3 is 5.32 Å². The largest absolute Gasteiger partial charge is 0.321 e. The Morgan fingerprint density at radius 3 is 2.58 bits per heavy atom. The second-order valence-corrected chi connectivity index (χ2v) is 8.25. The molecule has 1 N–H and O–H groups in total. The highest BCUT2D eigenvalue weighted by molar-refractivity contribution is 7.90. The Hall–Kier alpha value is -2.64. The van der Waals surface area contributed by atoms with Gasteiger partial charge in [0.2, 0.25) is 0 Å². The van der Waals surface area contributed by atoms with E-state index in [0.717, 1.165) is 11.9 Å². The van der Waals surface area contributed by atoms with Gasteiger partial charge in [-0.2, -0.15) is 5.10 Å². The monoisotopic (exact) mass is 389 g/mol. The first-order chi connectivity index (χ1) is 12.2. The van der Waals surface area contributed by atoms with Crippen LogP contribution in [0.25, 0.3) is 5.69 Å². The summed E-state index contributed by atoms with van der Waals surface area (Å²) in [5.74, 6) is -0.391. The Morgan fingerprint density at radius 2 is 1.92 bits per heavy atom. The third-order valence-electron chi connectivity index (χ3n) is 3.73. The van der Waals surface area contributed by atoms with E-state index in [-0.39, 0.29) is 10.6 Å². The van der Waals surface area contributed by atoms with Crippen molar-refractivity contribution in [3.05, 3.63) is 71.0 Å². The predicted molar refractivity (Wildman–Crippen MR) is 101 cm³/mol. The molecule has 0 aliphatic carbocycles. The van der Waals surface area contributed by atoms with Crippen LogP contribution in [0.2, 0.25) is 5.02 Å². The molecule has 1 heterocycles. The number of hydrogen-bond donors (Lipinski definition) is 1. The molecular formula is C18H16ClN3O3S. The van der Waals surface area contributed by atoms with Crippen molar-refractivity contribution in [3.8, 4) is 5.69 Å². The smallest absolute Gasteiger partial charge is 0.276 e. The molecule has 0 fully saturated rings. The van der Waals surface area contributed by atoms with Crippen LogP contribution in [0, 0.1) is 6.92 Å². The van der Waals surface area contributed by atoms with Crippen molar-refractivity contribution in [2.24, 2.45) is 0 Å². The maximum absolute atomic E-state index is 12.4. The molecule has 0 unspecified atom stereocenters. The molecule has 0 aliphatic heterocycles. The zero-order valence-corrected chi connectivity index (χ0v) is 15.7. The van der Waals surface area contributed by atoms with Crippen LogP contribution < -0.4 is 5.32 Å². The number of aryl methyl sites for hydroxylation is 1. The molecule has 6 nitrogen and oxygen atoms in total. The van der Waals surface area contributed by atoms with Gasteiger partial charge in [-0.05, 0) is 55.0 Å². The van der Waals surface area contributed by atoms with Gasteiger partial charge in [0.25, 0.3) is 5.91 Å². The van der Waals surface area contributed by atoms with Crippen molar-refractivity contribution in [2.45, 2.75) is 11.8 Å². The van der Waals surface area contributed by atoms with Gasteiger partial charge in [-0.3, -0.25) is 4.79 Å². The zero-order valence-electron chi connectivity index (χ0n) is 14.1. The molecule has 3 aromatic rings. The summed E-state index contributed by atoms with van der Waals surface area (Å²) in [4.78, 5) is 12.6. The Morgan fingerprint density at radius 1 is 1.15 bits per heavy atom. The van der Waals surface area contributed by atoms with Crippen LogP contribution in [0.3, 0.4) is 0 Å². The maximum atomic E-state index is 12.4. The summed E-state index contributed by atoms with van der Waals surface area (Å²) in [5.41, 5.74) is 2.03. The molecule has 134 valence electrons. The van der Waals surface area contributed by atoms with Crippen molar-refractivity contribution < 1.29 is 13.2 Å². The summed E-state index contributed by atoms with van der Waals surface area (Å²) in [7, 11) is -3.30. The highest BCUT2D eigenvalue weighted by Crippen LogP contribution is 2.20. The van der Waals surface area contributed by atoms with Gasteiger partial charge in [-0.15, -0.1) is 0 Å². The average molecular weight is 390 g/mol. The van der Waals surface area contributed by atoms with Gasteiger partial charge >= 0.3 is 0 Å². The minimum Gasteiger partial charge on any atom is -0.321 e. The van der Waals surface area contributed by atoms with E-state index >= 15 is 0 Å². The number of benzene rings is 2. The van der Waals surface area contributed by atoms with E-state index < -0.39 is 15.7 Å². The number of amides is 1. The molecule has 0 bridgehead atoms. The lowest BCUT2D eigenvalue weighted by Crippen LogP contribution is -2.13. The second-order valence-electron chi connectivity index (χ2n) is 5.83. The molecule has 0 spiro atoms. The Bertz CT molecular complexity index is 1090. The van der Waals surface area contributed by atoms with Gasteiger partial charge in [0.1, 0.15) is 0 Å². The fourth-order valence-electron chi connectivity index (χ4n) is 2.55. The van der Waals surface area contributed by atoms with Crippen LogP contribution in [0.15, 0.2) is 59.6 Å². The lowest BCUT2D eigenvalue weighted by Gasteiger charge is -2.08. The van der Waals surface area contributed by atoms with Crippen LogP contribution >= 0.6 is 11.6 Å². The molecule has 0 saturated carbocycles. The highest BCUT2D eigenvalue weighted by Gasteiger charge is 2.14. The molecule has 0 saturated heterocycles. The summed E-state index contributed by atoms with van der Waals surface area (Å²) in [5, 5.41) is 7.54. The van der Waals surface area contributed by atoms with E-state index in [4.69, 9.17) is 11.6 Å². The number of rotatable bonds is 4. The lowest BCUT2D eigenvalue weighted by molar-refractivity contribution is 0.102. The van der Waals surface area contributed by atoms with Crippen LogP contribution in [-0.2, 0) is 9.84 Å². The molecule has 1 amide bonds. The first-order valence-corrected chi connectivity index (χ1v) is 9.95. The number of aromatic nitrogens is 2. The summed E-state index contributed by atoms with van der Waals surface area (Å²) in [6, 6.07) is 13.4. The van der Waals surface area contributed by atoms with Gasteiger partial charge in [-0.1, -0.05) is 17.7 Å². The number of anilines is 1. The number of carbonyl (C=O) groups excluding carboxylic acids is 1. The predicted octanol–water partition coefficient (Wildman–Crippen LogP) is 3.49. The summed E-state index contributed by atoms with van der Waals surface area (Å²) >= 11 is 5.97. The van der Waals surface area contributed by atoms with Gasteiger partial charge in [0.15, 0.2) is 15.5 Å². The number of nitrogens with one attached hydrogen (secondary N) is 1. The quantitative estimate of drug-likeness (QED) is 0.740. The molecular weight excluding hydrogens is 374 g/mol. The van der Waals surface area contributed by atoms with Crippen LogP contribution in [0.1, 0.15) is 16.1 Å². The Labute approximate surface area is 156 Å². The third kappa shape index (κ3) is 3.95. The zero-order chi connectivity index (χ0) is 18.9. The molecule has 3 rings (SSSR count). The highest BCUT2D eigenvalue weighted by atomic mass is 35.5. The SMILES string of the molecule is Cc1cc(NC(=O)c2ccn(-c3cccc(Cl)c3)n2)ccc1S(C)(=O)=O. The van der Waals surface area contributed by atoms with E-state index in [9.17, 15) is 13.2 Å². The van der Waals surface area contributed by atoms with Crippen molar-refractivity contribution in [3.63, 3.8) is 0 Å². The lowest BCUT2D eigenvalue weighted by atomic mass is 10.2. The van der Waals surface area contributed by atoms with Crippen molar-refractivity contribution in [1.29, 1.82) is 0 Å². The van der Waals surface area contributed by atoms with Gasteiger partial charge in [0, 0.05) is 23.2 Å². The van der Waals surface area contributed by atoms with Gasteiger partial charge in [0.05, 0.1) is 10.6 Å². The summed E-state index contributed by atoms with van der Waals surface area (Å²) < 4.78 is 24.9. The second kappa shape index (κ2) is 6.93. The number of carbonyl (C=O) groups is 1. The topological polar surface area (TPSA) is 81.1 Å². The Balaban J connectivity index is 1.80. The van der Waals surface area contributed by atoms with Gasteiger partial charge in [-0.25, -0.2) is 13.1 Å². The first kappa shape index (κ1) is 18.2. The number of halogens is 1. The first-order valence-electron chi connectivity index (χ1n) is 7.68. The van der Waals surface area contributed by atoms with E-state index in [1.807, 2.05) is 6.07 Å². The molecule has 26 heavy (non-hydrogen) atoms. The fraction of sp³-hybridized carbons (Fsp3) is 0.111. The summed E-state index contributed by atoms with van der Waals surface area (Å²) in [6.45, 7) is 1.68. The number of hydrogen-bond acceptors (Lipinski definition) is 4. The molecule has 0 aliphatic rings. The fourth-order valence-corrected chi connectivity index (χ4v) is 3.69. The average Bonchev–Trinajstić information content (AvgIpc) is 3.04. The standard InChI is InChI=1S/C18H16ClN3O3S/c1-12-10-14(6-7-17(12)26(2,24)25)20-18(23)16-8-9-22(21-16)15-5-3-4-13(19)11-15/h3-11H,1-2H3,(H,20,23). The van der Waals surface area contributed by atoms with Crippen molar-refractivity contribution in [2.75, 3.05) is 11.6 Å². The van der Waals surface area contributed by atoms with Crippen LogP contribution in [0.5, 0.6) is 0 Å². The number of sulfone groups is 1. The molecule has 0 atom stereocenters.